The third-order valence-electron chi connectivity index (χ3n) is 4.44. The zero-order valence-corrected chi connectivity index (χ0v) is 18.7. The van der Waals surface area contributed by atoms with Gasteiger partial charge in [0, 0.05) is 4.48 Å². The number of carboxylic acid groups (broad SMARTS) is 1. The number of anilines is 1. The van der Waals surface area contributed by atoms with E-state index in [1.807, 2.05) is 33.8 Å². The van der Waals surface area contributed by atoms with E-state index in [0.29, 0.717) is 29.4 Å². The fourth-order valence-electron chi connectivity index (χ4n) is 3.01. The van der Waals surface area contributed by atoms with Crippen LogP contribution in [0.15, 0.2) is 15.0 Å². The van der Waals surface area contributed by atoms with Crippen LogP contribution in [0.2, 0.25) is 0 Å². The summed E-state index contributed by atoms with van der Waals surface area (Å²) in [5.41, 5.74) is 3.83. The molecule has 0 heterocycles. The van der Waals surface area contributed by atoms with Gasteiger partial charge in [-0.15, -0.1) is 0 Å². The monoisotopic (exact) mass is 487 g/mol. The van der Waals surface area contributed by atoms with Gasteiger partial charge in [0.2, 0.25) is 6.41 Å². The molecular formula is C19H23Br2NO4. The number of imide groups is 1. The number of halogens is 2. The summed E-state index contributed by atoms with van der Waals surface area (Å²) in [7, 11) is 0. The van der Waals surface area contributed by atoms with Gasteiger partial charge in [-0.25, -0.2) is 4.90 Å². The van der Waals surface area contributed by atoms with Crippen LogP contribution in [0.1, 0.15) is 42.5 Å². The van der Waals surface area contributed by atoms with Gasteiger partial charge >= 0.3 is 5.97 Å². The molecule has 1 N–H and O–H groups in total. The molecule has 1 unspecified atom stereocenters. The third-order valence-corrected chi connectivity index (χ3v) is 6.30. The predicted molar refractivity (Wildman–Crippen MR) is 110 cm³/mol. The molecule has 0 radical (unpaired) electrons. The first kappa shape index (κ1) is 22.6. The Kier molecular flexibility index (Phi) is 8.21. The number of aryl methyl sites for hydroxylation is 2. The van der Waals surface area contributed by atoms with E-state index in [9.17, 15) is 19.5 Å². The van der Waals surface area contributed by atoms with Crippen molar-refractivity contribution in [1.29, 1.82) is 0 Å². The molecule has 1 atom stereocenters. The van der Waals surface area contributed by atoms with Gasteiger partial charge in [-0.1, -0.05) is 28.9 Å². The van der Waals surface area contributed by atoms with Gasteiger partial charge in [0.05, 0.1) is 16.1 Å². The summed E-state index contributed by atoms with van der Waals surface area (Å²) >= 11 is 6.44. The Morgan fingerprint density at radius 3 is 2.23 bits per heavy atom. The van der Waals surface area contributed by atoms with Crippen molar-refractivity contribution in [1.82, 2.24) is 0 Å². The zero-order valence-electron chi connectivity index (χ0n) is 15.5. The lowest BCUT2D eigenvalue weighted by Gasteiger charge is -2.24. The minimum absolute atomic E-state index is 0.252. The van der Waals surface area contributed by atoms with Crippen LogP contribution >= 0.6 is 31.9 Å². The summed E-state index contributed by atoms with van der Waals surface area (Å²) in [6, 6.07) is 1.88. The summed E-state index contributed by atoms with van der Waals surface area (Å²) in [5, 5.41) is 9.38. The van der Waals surface area contributed by atoms with Crippen LogP contribution in [0.25, 0.3) is 0 Å². The summed E-state index contributed by atoms with van der Waals surface area (Å²) in [5.74, 6) is -1.85. The SMILES string of the molecule is CCC(Cc1c(C)cc(C)c(N(C=O)C(=O)/C(Br)=C(\C)Br)c1C)C(=O)O. The van der Waals surface area contributed by atoms with E-state index in [-0.39, 0.29) is 4.48 Å². The molecule has 0 saturated heterocycles. The van der Waals surface area contributed by atoms with Gasteiger partial charge in [0.15, 0.2) is 0 Å². The molecule has 1 aromatic rings. The van der Waals surface area contributed by atoms with Crippen LogP contribution in [0.5, 0.6) is 0 Å². The summed E-state index contributed by atoms with van der Waals surface area (Å²) in [6.07, 6.45) is 1.35. The van der Waals surface area contributed by atoms with Crippen molar-refractivity contribution in [3.05, 3.63) is 37.3 Å². The number of aliphatic carboxylic acids is 1. The third kappa shape index (κ3) is 4.82. The van der Waals surface area contributed by atoms with Gasteiger partial charge in [-0.3, -0.25) is 14.4 Å². The van der Waals surface area contributed by atoms with Gasteiger partial charge in [0.25, 0.3) is 5.91 Å². The Morgan fingerprint density at radius 1 is 1.23 bits per heavy atom. The highest BCUT2D eigenvalue weighted by Gasteiger charge is 2.26. The molecule has 0 bridgehead atoms. The smallest absolute Gasteiger partial charge is 0.306 e. The first-order valence-corrected chi connectivity index (χ1v) is 9.78. The minimum Gasteiger partial charge on any atom is -0.481 e. The van der Waals surface area contributed by atoms with Gasteiger partial charge in [-0.05, 0) is 78.7 Å². The molecule has 0 aliphatic carbocycles. The second-order valence-electron chi connectivity index (χ2n) is 6.24. The van der Waals surface area contributed by atoms with E-state index in [1.165, 1.54) is 0 Å². The largest absolute Gasteiger partial charge is 0.481 e. The lowest BCUT2D eigenvalue weighted by atomic mass is 9.88. The Bertz CT molecular complexity index is 767. The molecule has 0 aliphatic heterocycles. The fraction of sp³-hybridized carbons (Fsp3) is 0.421. The van der Waals surface area contributed by atoms with Crippen molar-refractivity contribution in [3.63, 3.8) is 0 Å². The average molecular weight is 489 g/mol. The number of hydrogen-bond donors (Lipinski definition) is 1. The molecule has 0 aliphatic rings. The van der Waals surface area contributed by atoms with Crippen molar-refractivity contribution in [2.24, 2.45) is 5.92 Å². The van der Waals surface area contributed by atoms with Gasteiger partial charge in [0.1, 0.15) is 0 Å². The van der Waals surface area contributed by atoms with Crippen molar-refractivity contribution in [3.8, 4) is 0 Å². The average Bonchev–Trinajstić information content (AvgIpc) is 2.56. The quantitative estimate of drug-likeness (QED) is 0.442. The maximum Gasteiger partial charge on any atom is 0.306 e. The molecule has 142 valence electrons. The van der Waals surface area contributed by atoms with Crippen molar-refractivity contribution < 1.29 is 19.5 Å². The Balaban J connectivity index is 3.55. The maximum atomic E-state index is 12.7. The molecule has 2 amide bonds. The van der Waals surface area contributed by atoms with E-state index < -0.39 is 17.8 Å². The van der Waals surface area contributed by atoms with E-state index >= 15 is 0 Å². The van der Waals surface area contributed by atoms with Crippen LogP contribution in [0.4, 0.5) is 5.69 Å². The lowest BCUT2D eigenvalue weighted by Crippen LogP contribution is -2.31. The van der Waals surface area contributed by atoms with Gasteiger partial charge < -0.3 is 5.11 Å². The van der Waals surface area contributed by atoms with Crippen LogP contribution in [0.3, 0.4) is 0 Å². The van der Waals surface area contributed by atoms with Crippen LogP contribution < -0.4 is 4.90 Å². The van der Waals surface area contributed by atoms with E-state index in [2.05, 4.69) is 31.9 Å². The lowest BCUT2D eigenvalue weighted by molar-refractivity contribution is -0.141. The number of amides is 2. The summed E-state index contributed by atoms with van der Waals surface area (Å²) in [4.78, 5) is 36.9. The molecule has 7 heteroatoms. The van der Waals surface area contributed by atoms with Crippen LogP contribution in [-0.2, 0) is 20.8 Å². The summed E-state index contributed by atoms with van der Waals surface area (Å²) in [6.45, 7) is 9.10. The number of carbonyl (C=O) groups is 3. The predicted octanol–water partition coefficient (Wildman–Crippen LogP) is 4.78. The second-order valence-corrected chi connectivity index (χ2v) is 8.22. The molecule has 1 aromatic carbocycles. The zero-order chi connectivity index (χ0) is 20.2. The van der Waals surface area contributed by atoms with Crippen molar-refractivity contribution >= 4 is 55.8 Å². The Labute approximate surface area is 170 Å². The maximum absolute atomic E-state index is 12.7. The first-order chi connectivity index (χ1) is 12.1. The second kappa shape index (κ2) is 9.46. The molecule has 1 rings (SSSR count). The van der Waals surface area contributed by atoms with Crippen molar-refractivity contribution in [2.45, 2.75) is 47.5 Å². The highest BCUT2D eigenvalue weighted by molar-refractivity contribution is 9.14. The van der Waals surface area contributed by atoms with E-state index in [1.54, 1.807) is 6.92 Å². The molecule has 0 fully saturated rings. The fourth-order valence-corrected chi connectivity index (χ4v) is 3.37. The number of benzene rings is 1. The highest BCUT2D eigenvalue weighted by Crippen LogP contribution is 2.33. The minimum atomic E-state index is -0.850. The summed E-state index contributed by atoms with van der Waals surface area (Å²) < 4.78 is 0.830. The number of carbonyl (C=O) groups excluding carboxylic acids is 2. The molecular weight excluding hydrogens is 466 g/mol. The Morgan fingerprint density at radius 2 is 1.81 bits per heavy atom. The highest BCUT2D eigenvalue weighted by atomic mass is 79.9. The number of carboxylic acids is 1. The number of allylic oxidation sites excluding steroid dienone is 1. The molecule has 0 aromatic heterocycles. The van der Waals surface area contributed by atoms with Gasteiger partial charge in [-0.2, -0.15) is 0 Å². The topological polar surface area (TPSA) is 74.7 Å². The molecule has 26 heavy (non-hydrogen) atoms. The van der Waals surface area contributed by atoms with E-state index in [0.717, 1.165) is 27.2 Å². The van der Waals surface area contributed by atoms with Crippen LogP contribution in [0, 0.1) is 26.7 Å². The first-order valence-electron chi connectivity index (χ1n) is 8.19. The molecule has 5 nitrogen and oxygen atoms in total. The number of rotatable bonds is 7. The number of nitrogens with zero attached hydrogens (tertiary/aromatic N) is 1. The van der Waals surface area contributed by atoms with Crippen molar-refractivity contribution in [2.75, 3.05) is 4.90 Å². The Hall–Kier alpha value is -1.47. The molecule has 0 spiro atoms. The number of hydrogen-bond acceptors (Lipinski definition) is 3. The normalized spacial score (nSPS) is 13.0. The van der Waals surface area contributed by atoms with E-state index in [4.69, 9.17) is 0 Å². The standard InChI is InChI=1S/C19H23Br2NO4/c1-6-14(19(25)26)8-15-10(2)7-11(3)17(12(15)4)22(9-23)18(24)16(21)13(5)20/h7,9,14H,6,8H2,1-5H3,(H,25,26)/b16-13-. The molecule has 0 saturated carbocycles. The van der Waals surface area contributed by atoms with Crippen LogP contribution in [-0.4, -0.2) is 23.4 Å².